The summed E-state index contributed by atoms with van der Waals surface area (Å²) in [5, 5.41) is 8.62. The van der Waals surface area contributed by atoms with E-state index < -0.39 is 12.1 Å². The van der Waals surface area contributed by atoms with E-state index in [1.807, 2.05) is 0 Å². The molecule has 0 atom stereocenters. The van der Waals surface area contributed by atoms with Gasteiger partial charge in [-0.25, -0.2) is 0 Å². The van der Waals surface area contributed by atoms with Gasteiger partial charge in [-0.05, 0) is 28.1 Å². The molecule has 0 aromatic heterocycles. The van der Waals surface area contributed by atoms with Crippen molar-refractivity contribution in [2.45, 2.75) is 6.36 Å². The van der Waals surface area contributed by atoms with Crippen LogP contribution in [0.5, 0.6) is 5.75 Å². The van der Waals surface area contributed by atoms with Crippen molar-refractivity contribution in [1.29, 1.82) is 5.26 Å². The lowest BCUT2D eigenvalue weighted by molar-refractivity contribution is -0.274. The lowest BCUT2D eigenvalue weighted by Gasteiger charge is -2.11. The molecule has 0 amide bonds. The van der Waals surface area contributed by atoms with Crippen LogP contribution < -0.4 is 10.5 Å². The zero-order valence-electron chi connectivity index (χ0n) is 7.10. The van der Waals surface area contributed by atoms with Gasteiger partial charge in [0.25, 0.3) is 0 Å². The van der Waals surface area contributed by atoms with Crippen LogP contribution in [0.3, 0.4) is 0 Å². The van der Waals surface area contributed by atoms with Crippen molar-refractivity contribution in [3.8, 4) is 11.8 Å². The molecule has 80 valence electrons. The van der Waals surface area contributed by atoms with E-state index in [1.54, 1.807) is 6.07 Å². The van der Waals surface area contributed by atoms with Crippen molar-refractivity contribution >= 4 is 21.6 Å². The molecule has 0 aliphatic rings. The van der Waals surface area contributed by atoms with E-state index in [9.17, 15) is 13.2 Å². The number of hydrogen-bond donors (Lipinski definition) is 1. The number of alkyl halides is 3. The molecule has 0 aliphatic heterocycles. The molecule has 0 radical (unpaired) electrons. The number of halogens is 4. The first-order valence-electron chi connectivity index (χ1n) is 3.59. The molecule has 0 saturated carbocycles. The molecular formula is C8H4BrF3N2O. The van der Waals surface area contributed by atoms with Crippen LogP contribution in [0.25, 0.3) is 0 Å². The van der Waals surface area contributed by atoms with Crippen molar-refractivity contribution in [3.63, 3.8) is 0 Å². The minimum absolute atomic E-state index is 0.0840. The number of rotatable bonds is 1. The fourth-order valence-electron chi connectivity index (χ4n) is 0.899. The summed E-state index contributed by atoms with van der Waals surface area (Å²) in [6.07, 6.45) is -4.84. The molecule has 0 heterocycles. The average molecular weight is 281 g/mol. The van der Waals surface area contributed by atoms with Crippen molar-refractivity contribution < 1.29 is 17.9 Å². The highest BCUT2D eigenvalue weighted by atomic mass is 79.9. The predicted octanol–water partition coefficient (Wildman–Crippen LogP) is 2.80. The Kier molecular flexibility index (Phi) is 3.09. The van der Waals surface area contributed by atoms with E-state index in [1.165, 1.54) is 6.07 Å². The van der Waals surface area contributed by atoms with E-state index in [-0.39, 0.29) is 11.3 Å². The Morgan fingerprint density at radius 1 is 1.40 bits per heavy atom. The number of hydrogen-bond acceptors (Lipinski definition) is 3. The molecule has 7 heteroatoms. The van der Waals surface area contributed by atoms with Gasteiger partial charge in [0.2, 0.25) is 0 Å². The zero-order chi connectivity index (χ0) is 11.6. The van der Waals surface area contributed by atoms with Crippen LogP contribution in [-0.2, 0) is 0 Å². The lowest BCUT2D eigenvalue weighted by atomic mass is 10.2. The molecule has 0 spiro atoms. The Bertz CT molecular complexity index is 425. The smallest absolute Gasteiger partial charge is 0.404 e. The van der Waals surface area contributed by atoms with Crippen molar-refractivity contribution in [1.82, 2.24) is 0 Å². The number of nitrogen functional groups attached to an aromatic ring is 1. The molecule has 0 unspecified atom stereocenters. The second-order valence-electron chi connectivity index (χ2n) is 2.49. The first-order valence-corrected chi connectivity index (χ1v) is 4.38. The summed E-state index contributed by atoms with van der Waals surface area (Å²) in [4.78, 5) is 0. The van der Waals surface area contributed by atoms with Crippen molar-refractivity contribution in [3.05, 3.63) is 22.2 Å². The van der Waals surface area contributed by atoms with E-state index in [0.717, 1.165) is 6.07 Å². The third-order valence-corrected chi connectivity index (χ3v) is 2.18. The molecule has 2 N–H and O–H groups in total. The minimum Gasteiger partial charge on any atom is -0.404 e. The van der Waals surface area contributed by atoms with E-state index >= 15 is 0 Å². The van der Waals surface area contributed by atoms with Gasteiger partial charge in [-0.2, -0.15) is 5.26 Å². The molecule has 1 rings (SSSR count). The zero-order valence-corrected chi connectivity index (χ0v) is 8.69. The van der Waals surface area contributed by atoms with Gasteiger partial charge in [0.1, 0.15) is 17.4 Å². The Labute approximate surface area is 91.4 Å². The van der Waals surface area contributed by atoms with Crippen LogP contribution in [0.15, 0.2) is 16.6 Å². The standard InChI is InChI=1S/C8H4BrF3N2O/c9-5-1-2-6(15-8(10,11)12)4(3-13)7(5)14/h1-2H,14H2. The van der Waals surface area contributed by atoms with E-state index in [2.05, 4.69) is 20.7 Å². The third kappa shape index (κ3) is 2.76. The Morgan fingerprint density at radius 3 is 2.47 bits per heavy atom. The van der Waals surface area contributed by atoms with Gasteiger partial charge in [-0.15, -0.1) is 13.2 Å². The van der Waals surface area contributed by atoms with E-state index in [0.29, 0.717) is 4.47 Å². The molecule has 1 aromatic rings. The van der Waals surface area contributed by atoms with Crippen LogP contribution >= 0.6 is 15.9 Å². The van der Waals surface area contributed by atoms with Gasteiger partial charge in [-0.3, -0.25) is 0 Å². The summed E-state index contributed by atoms with van der Waals surface area (Å²) >= 11 is 2.99. The summed E-state index contributed by atoms with van der Waals surface area (Å²) in [5.74, 6) is -0.606. The van der Waals surface area contributed by atoms with Crippen LogP contribution in [0, 0.1) is 11.3 Å². The van der Waals surface area contributed by atoms with Gasteiger partial charge in [0.15, 0.2) is 0 Å². The average Bonchev–Trinajstić information content (AvgIpc) is 2.10. The molecule has 3 nitrogen and oxygen atoms in total. The quantitative estimate of drug-likeness (QED) is 0.805. The number of benzene rings is 1. The predicted molar refractivity (Wildman–Crippen MR) is 50.0 cm³/mol. The lowest BCUT2D eigenvalue weighted by Crippen LogP contribution is -2.18. The Morgan fingerprint density at radius 2 is 2.00 bits per heavy atom. The normalized spacial score (nSPS) is 10.9. The molecule has 0 bridgehead atoms. The van der Waals surface area contributed by atoms with E-state index in [4.69, 9.17) is 11.0 Å². The fourth-order valence-corrected chi connectivity index (χ4v) is 1.23. The van der Waals surface area contributed by atoms with Gasteiger partial charge in [0, 0.05) is 4.47 Å². The van der Waals surface area contributed by atoms with Gasteiger partial charge in [0.05, 0.1) is 5.69 Å². The SMILES string of the molecule is N#Cc1c(OC(F)(F)F)ccc(Br)c1N. The van der Waals surface area contributed by atoms with Crippen LogP contribution in [-0.4, -0.2) is 6.36 Å². The van der Waals surface area contributed by atoms with Gasteiger partial charge >= 0.3 is 6.36 Å². The number of anilines is 1. The summed E-state index contributed by atoms with van der Waals surface area (Å²) in [7, 11) is 0. The Balaban J connectivity index is 3.21. The highest BCUT2D eigenvalue weighted by Gasteiger charge is 2.32. The number of nitrogens with two attached hydrogens (primary N) is 1. The Hall–Kier alpha value is -1.42. The third-order valence-electron chi connectivity index (χ3n) is 1.49. The maximum Gasteiger partial charge on any atom is 0.573 e. The molecule has 1 aromatic carbocycles. The highest BCUT2D eigenvalue weighted by Crippen LogP contribution is 2.33. The molecule has 0 fully saturated rings. The van der Waals surface area contributed by atoms with Crippen LogP contribution in [0.4, 0.5) is 18.9 Å². The van der Waals surface area contributed by atoms with Crippen LogP contribution in [0.1, 0.15) is 5.56 Å². The largest absolute Gasteiger partial charge is 0.573 e. The number of nitrogens with zero attached hydrogens (tertiary/aromatic N) is 1. The molecule has 0 aliphatic carbocycles. The number of nitriles is 1. The molecular weight excluding hydrogens is 277 g/mol. The monoisotopic (exact) mass is 280 g/mol. The fraction of sp³-hybridized carbons (Fsp3) is 0.125. The van der Waals surface area contributed by atoms with Gasteiger partial charge < -0.3 is 10.5 Å². The summed E-state index contributed by atoms with van der Waals surface area (Å²) in [6.45, 7) is 0. The summed E-state index contributed by atoms with van der Waals surface area (Å²) in [5.41, 5.74) is 4.97. The second kappa shape index (κ2) is 3.98. The number of ether oxygens (including phenoxy) is 1. The summed E-state index contributed by atoms with van der Waals surface area (Å²) < 4.78 is 39.7. The first-order chi connectivity index (χ1) is 6.85. The maximum atomic E-state index is 11.9. The first kappa shape index (κ1) is 11.7. The summed E-state index contributed by atoms with van der Waals surface area (Å²) in [6, 6.07) is 3.84. The topological polar surface area (TPSA) is 59.0 Å². The van der Waals surface area contributed by atoms with Gasteiger partial charge in [-0.1, -0.05) is 0 Å². The second-order valence-corrected chi connectivity index (χ2v) is 3.35. The molecule has 15 heavy (non-hydrogen) atoms. The highest BCUT2D eigenvalue weighted by molar-refractivity contribution is 9.10. The molecule has 0 saturated heterocycles. The van der Waals surface area contributed by atoms with Crippen molar-refractivity contribution in [2.75, 3.05) is 5.73 Å². The minimum atomic E-state index is -4.84. The maximum absolute atomic E-state index is 11.9. The van der Waals surface area contributed by atoms with Crippen LogP contribution in [0.2, 0.25) is 0 Å². The van der Waals surface area contributed by atoms with Crippen molar-refractivity contribution in [2.24, 2.45) is 0 Å².